The van der Waals surface area contributed by atoms with Crippen LogP contribution < -0.4 is 15.4 Å². The summed E-state index contributed by atoms with van der Waals surface area (Å²) in [5.41, 5.74) is 3.13. The highest BCUT2D eigenvalue weighted by Gasteiger charge is 2.11. The molecular formula is C23H22N2O3. The summed E-state index contributed by atoms with van der Waals surface area (Å²) in [6.07, 6.45) is 0. The topological polar surface area (TPSA) is 67.4 Å². The monoisotopic (exact) mass is 374 g/mol. The van der Waals surface area contributed by atoms with E-state index in [4.69, 9.17) is 4.74 Å². The first kappa shape index (κ1) is 19.2. The number of rotatable bonds is 6. The number of nitrogens with one attached hydrogen (secondary N) is 2. The van der Waals surface area contributed by atoms with Crippen molar-refractivity contribution in [2.75, 3.05) is 11.9 Å². The van der Waals surface area contributed by atoms with Crippen molar-refractivity contribution in [3.05, 3.63) is 89.5 Å². The standard InChI is InChI=1S/C23H22N2O3/c1-16-7-5-9-18(13-16)23(27)24-15-22(26)25-20-11-3-4-12-21(20)28-19-10-6-8-17(2)14-19/h3-14H,15H2,1-2H3,(H,24,27)(H,25,26). The molecule has 0 aliphatic carbocycles. The van der Waals surface area contributed by atoms with Crippen molar-refractivity contribution >= 4 is 17.5 Å². The maximum Gasteiger partial charge on any atom is 0.251 e. The Hall–Kier alpha value is -3.60. The van der Waals surface area contributed by atoms with Gasteiger partial charge in [-0.25, -0.2) is 0 Å². The largest absolute Gasteiger partial charge is 0.455 e. The number of carbonyl (C=O) groups excluding carboxylic acids is 2. The molecule has 28 heavy (non-hydrogen) atoms. The number of hydrogen-bond acceptors (Lipinski definition) is 3. The van der Waals surface area contributed by atoms with Crippen molar-refractivity contribution in [3.8, 4) is 11.5 Å². The fourth-order valence-electron chi connectivity index (χ4n) is 2.71. The van der Waals surface area contributed by atoms with Gasteiger partial charge in [-0.15, -0.1) is 0 Å². The van der Waals surface area contributed by atoms with Gasteiger partial charge in [-0.3, -0.25) is 9.59 Å². The highest BCUT2D eigenvalue weighted by molar-refractivity contribution is 5.99. The van der Waals surface area contributed by atoms with E-state index in [0.717, 1.165) is 11.1 Å². The SMILES string of the molecule is Cc1cccc(Oc2ccccc2NC(=O)CNC(=O)c2cccc(C)c2)c1. The van der Waals surface area contributed by atoms with Crippen LogP contribution in [0, 0.1) is 13.8 Å². The molecule has 5 nitrogen and oxygen atoms in total. The Morgan fingerprint density at radius 2 is 1.57 bits per heavy atom. The first-order chi connectivity index (χ1) is 13.5. The Morgan fingerprint density at radius 1 is 0.857 bits per heavy atom. The van der Waals surface area contributed by atoms with Crippen LogP contribution in [0.2, 0.25) is 0 Å². The first-order valence-electron chi connectivity index (χ1n) is 8.99. The van der Waals surface area contributed by atoms with Crippen LogP contribution in [0.4, 0.5) is 5.69 Å². The van der Waals surface area contributed by atoms with Gasteiger partial charge in [-0.1, -0.05) is 42.0 Å². The average molecular weight is 374 g/mol. The molecule has 0 spiro atoms. The predicted octanol–water partition coefficient (Wildman–Crippen LogP) is 4.46. The number of aryl methyl sites for hydroxylation is 2. The molecule has 0 aromatic heterocycles. The summed E-state index contributed by atoms with van der Waals surface area (Å²) >= 11 is 0. The maximum absolute atomic E-state index is 12.3. The van der Waals surface area contributed by atoms with Gasteiger partial charge in [0.25, 0.3) is 5.91 Å². The van der Waals surface area contributed by atoms with Gasteiger partial charge in [0.1, 0.15) is 5.75 Å². The van der Waals surface area contributed by atoms with E-state index in [0.29, 0.717) is 22.7 Å². The van der Waals surface area contributed by atoms with E-state index in [2.05, 4.69) is 10.6 Å². The van der Waals surface area contributed by atoms with Crippen molar-refractivity contribution in [2.45, 2.75) is 13.8 Å². The minimum atomic E-state index is -0.332. The number of benzene rings is 3. The van der Waals surface area contributed by atoms with E-state index in [1.165, 1.54) is 0 Å². The molecule has 0 fully saturated rings. The second-order valence-electron chi connectivity index (χ2n) is 6.52. The van der Waals surface area contributed by atoms with Crippen LogP contribution in [0.15, 0.2) is 72.8 Å². The molecule has 2 amide bonds. The molecule has 0 aliphatic rings. The fourth-order valence-corrected chi connectivity index (χ4v) is 2.71. The van der Waals surface area contributed by atoms with Crippen LogP contribution in [0.3, 0.4) is 0 Å². The van der Waals surface area contributed by atoms with Gasteiger partial charge in [0.15, 0.2) is 5.75 Å². The van der Waals surface area contributed by atoms with Crippen molar-refractivity contribution < 1.29 is 14.3 Å². The summed E-state index contributed by atoms with van der Waals surface area (Å²) in [4.78, 5) is 24.5. The molecule has 3 aromatic rings. The van der Waals surface area contributed by atoms with E-state index in [-0.39, 0.29) is 18.4 Å². The lowest BCUT2D eigenvalue weighted by molar-refractivity contribution is -0.115. The molecule has 0 saturated heterocycles. The van der Waals surface area contributed by atoms with Crippen molar-refractivity contribution in [1.29, 1.82) is 0 Å². The zero-order valence-corrected chi connectivity index (χ0v) is 15.9. The first-order valence-corrected chi connectivity index (χ1v) is 8.99. The second kappa shape index (κ2) is 8.86. The van der Waals surface area contributed by atoms with Gasteiger partial charge in [-0.05, 0) is 55.8 Å². The Kier molecular flexibility index (Phi) is 6.07. The predicted molar refractivity (Wildman–Crippen MR) is 110 cm³/mol. The third-order valence-electron chi connectivity index (χ3n) is 4.07. The van der Waals surface area contributed by atoms with Crippen molar-refractivity contribution in [3.63, 3.8) is 0 Å². The maximum atomic E-state index is 12.3. The van der Waals surface area contributed by atoms with Gasteiger partial charge < -0.3 is 15.4 Å². The third-order valence-corrected chi connectivity index (χ3v) is 4.07. The van der Waals surface area contributed by atoms with Crippen LogP contribution >= 0.6 is 0 Å². The molecule has 0 heterocycles. The Labute approximate surface area is 164 Å². The Balaban J connectivity index is 1.62. The molecule has 3 rings (SSSR count). The van der Waals surface area contributed by atoms with E-state index >= 15 is 0 Å². The molecule has 3 aromatic carbocycles. The Bertz CT molecular complexity index is 998. The minimum Gasteiger partial charge on any atom is -0.455 e. The van der Waals surface area contributed by atoms with Gasteiger partial charge in [0.05, 0.1) is 12.2 Å². The van der Waals surface area contributed by atoms with Crippen molar-refractivity contribution in [1.82, 2.24) is 5.32 Å². The zero-order chi connectivity index (χ0) is 19.9. The summed E-state index contributed by atoms with van der Waals surface area (Å²) in [5.74, 6) is 0.602. The molecule has 0 radical (unpaired) electrons. The highest BCUT2D eigenvalue weighted by Crippen LogP contribution is 2.29. The summed E-state index contributed by atoms with van der Waals surface area (Å²) in [5, 5.41) is 5.42. The normalized spacial score (nSPS) is 10.2. The van der Waals surface area contributed by atoms with E-state index in [9.17, 15) is 9.59 Å². The molecule has 0 aliphatic heterocycles. The Morgan fingerprint density at radius 3 is 2.32 bits per heavy atom. The number of anilines is 1. The van der Waals surface area contributed by atoms with E-state index < -0.39 is 0 Å². The van der Waals surface area contributed by atoms with Gasteiger partial charge in [-0.2, -0.15) is 0 Å². The molecule has 0 atom stereocenters. The molecule has 142 valence electrons. The highest BCUT2D eigenvalue weighted by atomic mass is 16.5. The van der Waals surface area contributed by atoms with Crippen LogP contribution in [0.25, 0.3) is 0 Å². The summed E-state index contributed by atoms with van der Waals surface area (Å²) < 4.78 is 5.90. The summed E-state index contributed by atoms with van der Waals surface area (Å²) in [7, 11) is 0. The average Bonchev–Trinajstić information content (AvgIpc) is 2.68. The second-order valence-corrected chi connectivity index (χ2v) is 6.52. The summed E-state index contributed by atoms with van der Waals surface area (Å²) in [6.45, 7) is 3.76. The van der Waals surface area contributed by atoms with E-state index in [1.807, 2.05) is 62.4 Å². The molecular weight excluding hydrogens is 352 g/mol. The number of amides is 2. The van der Waals surface area contributed by atoms with Crippen LogP contribution in [0.5, 0.6) is 11.5 Å². The van der Waals surface area contributed by atoms with Gasteiger partial charge in [0.2, 0.25) is 5.91 Å². The third kappa shape index (κ3) is 5.20. The molecule has 0 saturated carbocycles. The van der Waals surface area contributed by atoms with Crippen LogP contribution in [-0.4, -0.2) is 18.4 Å². The molecule has 2 N–H and O–H groups in total. The van der Waals surface area contributed by atoms with E-state index in [1.54, 1.807) is 24.3 Å². The quantitative estimate of drug-likeness (QED) is 0.669. The molecule has 5 heteroatoms. The van der Waals surface area contributed by atoms with Crippen LogP contribution in [-0.2, 0) is 4.79 Å². The van der Waals surface area contributed by atoms with Crippen LogP contribution in [0.1, 0.15) is 21.5 Å². The number of ether oxygens (including phenoxy) is 1. The lowest BCUT2D eigenvalue weighted by atomic mass is 10.1. The number of para-hydroxylation sites is 2. The lowest BCUT2D eigenvalue weighted by Crippen LogP contribution is -2.32. The zero-order valence-electron chi connectivity index (χ0n) is 15.9. The smallest absolute Gasteiger partial charge is 0.251 e. The minimum absolute atomic E-state index is 0.133. The van der Waals surface area contributed by atoms with Gasteiger partial charge >= 0.3 is 0 Å². The molecule has 0 bridgehead atoms. The number of hydrogen-bond donors (Lipinski definition) is 2. The molecule has 0 unspecified atom stereocenters. The summed E-state index contributed by atoms with van der Waals surface area (Å²) in [6, 6.07) is 22.1. The van der Waals surface area contributed by atoms with Gasteiger partial charge in [0, 0.05) is 5.56 Å². The lowest BCUT2D eigenvalue weighted by Gasteiger charge is -2.13. The number of carbonyl (C=O) groups is 2. The fraction of sp³-hybridized carbons (Fsp3) is 0.130. The van der Waals surface area contributed by atoms with Crippen molar-refractivity contribution in [2.24, 2.45) is 0 Å².